The number of hydrogen-bond acceptors (Lipinski definition) is 5. The van der Waals surface area contributed by atoms with Gasteiger partial charge in [-0.3, -0.25) is 4.57 Å². The predicted octanol–water partition coefficient (Wildman–Crippen LogP) is 1.70. The summed E-state index contributed by atoms with van der Waals surface area (Å²) >= 11 is 0. The van der Waals surface area contributed by atoms with Crippen molar-refractivity contribution in [2.24, 2.45) is 4.99 Å². The molecule has 2 heterocycles. The van der Waals surface area contributed by atoms with Crippen LogP contribution < -0.4 is 5.69 Å². The minimum absolute atomic E-state index is 0.0221. The molecule has 0 amide bonds. The van der Waals surface area contributed by atoms with E-state index in [1.807, 2.05) is 0 Å². The molecule has 0 radical (unpaired) electrons. The predicted molar refractivity (Wildman–Crippen MR) is 89.0 cm³/mol. The highest BCUT2D eigenvalue weighted by Gasteiger charge is 2.26. The Kier molecular flexibility index (Phi) is 6.73. The summed E-state index contributed by atoms with van der Waals surface area (Å²) in [5.74, 6) is 0.403. The van der Waals surface area contributed by atoms with Crippen LogP contribution in [0, 0.1) is 0 Å². The minimum Gasteiger partial charge on any atom is -0.394 e. The minimum atomic E-state index is -0.374. The summed E-state index contributed by atoms with van der Waals surface area (Å²) in [6.07, 6.45) is 6.43. The summed E-state index contributed by atoms with van der Waals surface area (Å²) in [7, 11) is 0. The number of aliphatic imine (C=N–C) groups is 1. The molecule has 0 aliphatic carbocycles. The smallest absolute Gasteiger partial charge is 0.351 e. The molecule has 2 unspecified atom stereocenters. The molecule has 2 atom stereocenters. The first-order valence-corrected chi connectivity index (χ1v) is 8.31. The Hall–Kier alpha value is -1.73. The van der Waals surface area contributed by atoms with Gasteiger partial charge >= 0.3 is 5.69 Å². The second kappa shape index (κ2) is 8.79. The average Bonchev–Trinajstić information content (AvgIpc) is 3.02. The third-order valence-corrected chi connectivity index (χ3v) is 3.79. The zero-order valence-corrected chi connectivity index (χ0v) is 13.9. The summed E-state index contributed by atoms with van der Waals surface area (Å²) < 4.78 is 7.07. The van der Waals surface area contributed by atoms with Gasteiger partial charge < -0.3 is 14.7 Å². The van der Waals surface area contributed by atoms with Gasteiger partial charge in [0.2, 0.25) is 0 Å². The summed E-state index contributed by atoms with van der Waals surface area (Å²) in [5, 5.41) is 9.10. The molecule has 1 aliphatic rings. The first-order chi connectivity index (χ1) is 11.2. The Balaban J connectivity index is 2.05. The van der Waals surface area contributed by atoms with Gasteiger partial charge in [0, 0.05) is 19.3 Å². The van der Waals surface area contributed by atoms with E-state index in [4.69, 9.17) is 9.84 Å². The molecule has 7 nitrogen and oxygen atoms in total. The normalized spacial score (nSPS) is 21.2. The summed E-state index contributed by atoms with van der Waals surface area (Å²) in [6, 6.07) is 1.71. The second-order valence-corrected chi connectivity index (χ2v) is 5.73. The van der Waals surface area contributed by atoms with Gasteiger partial charge in [-0.2, -0.15) is 4.98 Å². The molecule has 2 rings (SSSR count). The molecule has 0 aromatic carbocycles. The van der Waals surface area contributed by atoms with Crippen LogP contribution in [-0.2, 0) is 4.74 Å². The van der Waals surface area contributed by atoms with Crippen molar-refractivity contribution in [3.8, 4) is 0 Å². The van der Waals surface area contributed by atoms with Crippen molar-refractivity contribution in [3.05, 3.63) is 22.7 Å². The lowest BCUT2D eigenvalue weighted by molar-refractivity contribution is -0.0245. The zero-order valence-electron chi connectivity index (χ0n) is 13.9. The Bertz CT molecular complexity index is 567. The molecule has 23 heavy (non-hydrogen) atoms. The molecule has 0 saturated carbocycles. The van der Waals surface area contributed by atoms with Gasteiger partial charge in [-0.1, -0.05) is 13.8 Å². The molecule has 1 aromatic heterocycles. The lowest BCUT2D eigenvalue weighted by atomic mass is 10.2. The van der Waals surface area contributed by atoms with Gasteiger partial charge in [-0.25, -0.2) is 9.79 Å². The third kappa shape index (κ3) is 4.87. The fourth-order valence-electron chi connectivity index (χ4n) is 2.66. The summed E-state index contributed by atoms with van der Waals surface area (Å²) in [6.45, 7) is 6.10. The first kappa shape index (κ1) is 17.6. The number of aliphatic hydroxyl groups is 1. The van der Waals surface area contributed by atoms with E-state index in [9.17, 15) is 4.79 Å². The maximum Gasteiger partial charge on any atom is 0.351 e. The van der Waals surface area contributed by atoms with Gasteiger partial charge in [0.15, 0.2) is 5.82 Å². The zero-order chi connectivity index (χ0) is 16.7. The number of nitrogens with zero attached hydrogens (tertiary/aromatic N) is 4. The van der Waals surface area contributed by atoms with E-state index in [0.717, 1.165) is 32.4 Å². The van der Waals surface area contributed by atoms with Crippen LogP contribution >= 0.6 is 0 Å². The van der Waals surface area contributed by atoms with E-state index in [1.54, 1.807) is 18.6 Å². The maximum atomic E-state index is 12.1. The Morgan fingerprint density at radius 2 is 2.17 bits per heavy atom. The van der Waals surface area contributed by atoms with Crippen LogP contribution in [0.15, 0.2) is 22.1 Å². The average molecular weight is 322 g/mol. The molecule has 7 heteroatoms. The fourth-order valence-corrected chi connectivity index (χ4v) is 2.66. The number of rotatable bonds is 8. The summed E-state index contributed by atoms with van der Waals surface area (Å²) in [5.41, 5.74) is -0.374. The van der Waals surface area contributed by atoms with Gasteiger partial charge in [0.1, 0.15) is 6.23 Å². The third-order valence-electron chi connectivity index (χ3n) is 3.79. The SMILES string of the molecule is CCCN(C=Nc1ccn(C2CCC(CO)O2)c(=O)n1)CCC. The molecular formula is C16H26N4O3. The van der Waals surface area contributed by atoms with Crippen molar-refractivity contribution in [3.63, 3.8) is 0 Å². The van der Waals surface area contributed by atoms with Gasteiger partial charge in [0.05, 0.1) is 19.0 Å². The summed E-state index contributed by atoms with van der Waals surface area (Å²) in [4.78, 5) is 22.6. The standard InChI is InChI=1S/C16H26N4O3/c1-3-8-19(9-4-2)12-17-14-7-10-20(16(22)18-14)15-6-5-13(11-21)23-15/h7,10,12-13,15,21H,3-6,8-9,11H2,1-2H3. The quantitative estimate of drug-likeness (QED) is 0.582. The molecule has 1 aliphatic heterocycles. The number of aliphatic hydroxyl groups excluding tert-OH is 1. The van der Waals surface area contributed by atoms with Crippen LogP contribution in [0.4, 0.5) is 5.82 Å². The van der Waals surface area contributed by atoms with E-state index < -0.39 is 0 Å². The maximum absolute atomic E-state index is 12.1. The van der Waals surface area contributed by atoms with Crippen LogP contribution in [0.5, 0.6) is 0 Å². The lowest BCUT2D eigenvalue weighted by Crippen LogP contribution is -2.27. The van der Waals surface area contributed by atoms with Gasteiger partial charge in [-0.15, -0.1) is 0 Å². The van der Waals surface area contributed by atoms with E-state index in [-0.39, 0.29) is 24.6 Å². The van der Waals surface area contributed by atoms with Crippen LogP contribution in [-0.4, -0.2) is 51.7 Å². The van der Waals surface area contributed by atoms with Crippen molar-refractivity contribution in [2.45, 2.75) is 51.9 Å². The highest BCUT2D eigenvalue weighted by atomic mass is 16.5. The fraction of sp³-hybridized carbons (Fsp3) is 0.688. The molecular weight excluding hydrogens is 296 g/mol. The van der Waals surface area contributed by atoms with Crippen LogP contribution in [0.2, 0.25) is 0 Å². The highest BCUT2D eigenvalue weighted by Crippen LogP contribution is 2.26. The Morgan fingerprint density at radius 3 is 2.74 bits per heavy atom. The van der Waals surface area contributed by atoms with Crippen molar-refractivity contribution in [1.29, 1.82) is 0 Å². The van der Waals surface area contributed by atoms with Gasteiger partial charge in [0.25, 0.3) is 0 Å². The molecule has 0 bridgehead atoms. The van der Waals surface area contributed by atoms with E-state index in [2.05, 4.69) is 28.7 Å². The Labute approximate surface area is 136 Å². The largest absolute Gasteiger partial charge is 0.394 e. The van der Waals surface area contributed by atoms with E-state index >= 15 is 0 Å². The van der Waals surface area contributed by atoms with E-state index in [0.29, 0.717) is 12.2 Å². The molecule has 0 spiro atoms. The second-order valence-electron chi connectivity index (χ2n) is 5.73. The van der Waals surface area contributed by atoms with E-state index in [1.165, 1.54) is 4.57 Å². The molecule has 1 fully saturated rings. The Morgan fingerprint density at radius 1 is 1.43 bits per heavy atom. The number of hydrogen-bond donors (Lipinski definition) is 1. The molecule has 1 aromatic rings. The van der Waals surface area contributed by atoms with Crippen molar-refractivity contribution >= 4 is 12.2 Å². The van der Waals surface area contributed by atoms with Crippen molar-refractivity contribution in [1.82, 2.24) is 14.5 Å². The van der Waals surface area contributed by atoms with Gasteiger partial charge in [-0.05, 0) is 31.7 Å². The lowest BCUT2D eigenvalue weighted by Gasteiger charge is -2.17. The van der Waals surface area contributed by atoms with Crippen molar-refractivity contribution in [2.75, 3.05) is 19.7 Å². The van der Waals surface area contributed by atoms with Crippen LogP contribution in [0.3, 0.4) is 0 Å². The molecule has 128 valence electrons. The number of ether oxygens (including phenoxy) is 1. The molecule has 1 N–H and O–H groups in total. The van der Waals surface area contributed by atoms with Crippen LogP contribution in [0.25, 0.3) is 0 Å². The highest BCUT2D eigenvalue weighted by molar-refractivity contribution is 5.59. The topological polar surface area (TPSA) is 80.0 Å². The molecule has 1 saturated heterocycles. The van der Waals surface area contributed by atoms with Crippen LogP contribution in [0.1, 0.15) is 45.8 Å². The van der Waals surface area contributed by atoms with Crippen molar-refractivity contribution < 1.29 is 9.84 Å². The first-order valence-electron chi connectivity index (χ1n) is 8.31. The monoisotopic (exact) mass is 322 g/mol. The number of aromatic nitrogens is 2.